The molecule has 0 aliphatic rings. The van der Waals surface area contributed by atoms with Crippen LogP contribution in [0.1, 0.15) is 10.4 Å². The minimum Gasteiger partial charge on any atom is -0.293 e. The Balaban J connectivity index is 1.74. The van der Waals surface area contributed by atoms with Crippen LogP contribution in [0, 0.1) is 0 Å². The maximum absolute atomic E-state index is 12.4. The van der Waals surface area contributed by atoms with E-state index in [1.807, 2.05) is 36.4 Å². The van der Waals surface area contributed by atoms with Crippen molar-refractivity contribution in [1.82, 2.24) is 4.72 Å². The van der Waals surface area contributed by atoms with Gasteiger partial charge in [-0.1, -0.05) is 66.7 Å². The van der Waals surface area contributed by atoms with Crippen molar-refractivity contribution in [2.45, 2.75) is 4.90 Å². The molecule has 4 nitrogen and oxygen atoms in total. The van der Waals surface area contributed by atoms with Gasteiger partial charge in [0.05, 0.1) is 11.4 Å². The monoisotopic (exact) mass is 351 g/mol. The highest BCUT2D eigenvalue weighted by atomic mass is 32.2. The molecule has 126 valence electrons. The van der Waals surface area contributed by atoms with E-state index in [2.05, 4.69) is 4.72 Å². The molecule has 3 aromatic rings. The Hall–Kier alpha value is -2.76. The Morgan fingerprint density at radius 3 is 2.04 bits per heavy atom. The van der Waals surface area contributed by atoms with E-state index in [1.54, 1.807) is 36.4 Å². The zero-order chi connectivity index (χ0) is 17.7. The lowest BCUT2D eigenvalue weighted by molar-refractivity contribution is 0.0997. The highest BCUT2D eigenvalue weighted by Crippen LogP contribution is 2.20. The molecular formula is C20H17NO3S. The van der Waals surface area contributed by atoms with Gasteiger partial charge in [0, 0.05) is 5.56 Å². The highest BCUT2D eigenvalue weighted by Gasteiger charge is 2.16. The normalized spacial score (nSPS) is 11.2. The second-order valence-corrected chi connectivity index (χ2v) is 7.27. The summed E-state index contributed by atoms with van der Waals surface area (Å²) in [6.07, 6.45) is 0. The zero-order valence-electron chi connectivity index (χ0n) is 13.4. The molecule has 0 aromatic heterocycles. The molecule has 0 spiro atoms. The van der Waals surface area contributed by atoms with E-state index in [-0.39, 0.29) is 17.2 Å². The van der Waals surface area contributed by atoms with Crippen LogP contribution in [0.25, 0.3) is 11.1 Å². The smallest absolute Gasteiger partial charge is 0.240 e. The molecule has 0 heterocycles. The summed E-state index contributed by atoms with van der Waals surface area (Å²) in [5.74, 6) is -0.280. The fraction of sp³-hybridized carbons (Fsp3) is 0.0500. The summed E-state index contributed by atoms with van der Waals surface area (Å²) < 4.78 is 26.7. The van der Waals surface area contributed by atoms with Gasteiger partial charge in [-0.15, -0.1) is 0 Å². The standard InChI is InChI=1S/C20H17NO3S/c22-20(15-21-25(23,24)19-12-5-2-6-13-19)18-11-7-10-17(14-18)16-8-3-1-4-9-16/h1-14,21H,15H2. The molecule has 0 atom stereocenters. The maximum atomic E-state index is 12.4. The third-order valence-corrected chi connectivity index (χ3v) is 5.19. The van der Waals surface area contributed by atoms with E-state index in [9.17, 15) is 13.2 Å². The summed E-state index contributed by atoms with van der Waals surface area (Å²) in [7, 11) is -3.70. The van der Waals surface area contributed by atoms with Crippen LogP contribution in [0.3, 0.4) is 0 Å². The number of sulfonamides is 1. The van der Waals surface area contributed by atoms with Crippen LogP contribution in [-0.4, -0.2) is 20.7 Å². The fourth-order valence-electron chi connectivity index (χ4n) is 2.45. The van der Waals surface area contributed by atoms with Gasteiger partial charge in [-0.25, -0.2) is 13.1 Å². The number of benzene rings is 3. The van der Waals surface area contributed by atoms with Gasteiger partial charge in [-0.05, 0) is 29.3 Å². The molecule has 0 bridgehead atoms. The zero-order valence-corrected chi connectivity index (χ0v) is 14.2. The molecule has 0 amide bonds. The Kier molecular flexibility index (Phi) is 5.07. The quantitative estimate of drug-likeness (QED) is 0.691. The summed E-state index contributed by atoms with van der Waals surface area (Å²) >= 11 is 0. The van der Waals surface area contributed by atoms with E-state index >= 15 is 0 Å². The third kappa shape index (κ3) is 4.21. The van der Waals surface area contributed by atoms with Gasteiger partial charge in [-0.3, -0.25) is 4.79 Å². The molecule has 1 N–H and O–H groups in total. The number of rotatable bonds is 6. The summed E-state index contributed by atoms with van der Waals surface area (Å²) in [5, 5.41) is 0. The Labute approximate surface area is 147 Å². The molecule has 0 unspecified atom stereocenters. The molecule has 0 saturated carbocycles. The SMILES string of the molecule is O=C(CNS(=O)(=O)c1ccccc1)c1cccc(-c2ccccc2)c1. The van der Waals surface area contributed by atoms with Gasteiger partial charge < -0.3 is 0 Å². The largest absolute Gasteiger partial charge is 0.293 e. The molecule has 0 saturated heterocycles. The van der Waals surface area contributed by atoms with Gasteiger partial charge in [0.1, 0.15) is 0 Å². The lowest BCUT2D eigenvalue weighted by Crippen LogP contribution is -2.29. The van der Waals surface area contributed by atoms with Crippen LogP contribution in [0.15, 0.2) is 89.8 Å². The number of hydrogen-bond acceptors (Lipinski definition) is 3. The summed E-state index contributed by atoms with van der Waals surface area (Å²) in [4.78, 5) is 12.5. The van der Waals surface area contributed by atoms with Crippen LogP contribution in [0.5, 0.6) is 0 Å². The van der Waals surface area contributed by atoms with Gasteiger partial charge in [0.15, 0.2) is 5.78 Å². The van der Waals surface area contributed by atoms with Crippen LogP contribution in [0.2, 0.25) is 0 Å². The van der Waals surface area contributed by atoms with Crippen molar-refractivity contribution in [2.24, 2.45) is 0 Å². The molecule has 5 heteroatoms. The summed E-state index contributed by atoms with van der Waals surface area (Å²) in [6.45, 7) is -0.282. The predicted octanol–water partition coefficient (Wildman–Crippen LogP) is 3.51. The number of ketones is 1. The first-order valence-corrected chi connectivity index (χ1v) is 9.28. The fourth-order valence-corrected chi connectivity index (χ4v) is 3.45. The lowest BCUT2D eigenvalue weighted by Gasteiger charge is -2.08. The molecule has 3 rings (SSSR count). The van der Waals surface area contributed by atoms with Crippen LogP contribution in [0.4, 0.5) is 0 Å². The number of nitrogens with one attached hydrogen (secondary N) is 1. The van der Waals surface area contributed by atoms with Crippen molar-refractivity contribution < 1.29 is 13.2 Å². The number of Topliss-reactive ketones (excluding diaryl/α,β-unsaturated/α-hetero) is 1. The topological polar surface area (TPSA) is 63.2 Å². The van der Waals surface area contributed by atoms with Gasteiger partial charge in [0.2, 0.25) is 10.0 Å². The molecule has 0 radical (unpaired) electrons. The van der Waals surface area contributed by atoms with E-state index in [1.165, 1.54) is 12.1 Å². The second-order valence-electron chi connectivity index (χ2n) is 5.51. The van der Waals surface area contributed by atoms with E-state index in [4.69, 9.17) is 0 Å². The minimum atomic E-state index is -3.70. The number of carbonyl (C=O) groups is 1. The Morgan fingerprint density at radius 2 is 1.36 bits per heavy atom. The molecular weight excluding hydrogens is 334 g/mol. The molecule has 3 aromatic carbocycles. The van der Waals surface area contributed by atoms with Crippen molar-refractivity contribution in [3.63, 3.8) is 0 Å². The average molecular weight is 351 g/mol. The summed E-state index contributed by atoms with van der Waals surface area (Å²) in [5.41, 5.74) is 2.39. The Bertz CT molecular complexity index is 968. The maximum Gasteiger partial charge on any atom is 0.240 e. The first-order valence-electron chi connectivity index (χ1n) is 7.80. The average Bonchev–Trinajstić information content (AvgIpc) is 2.68. The van der Waals surface area contributed by atoms with Crippen LogP contribution >= 0.6 is 0 Å². The van der Waals surface area contributed by atoms with Gasteiger partial charge in [0.25, 0.3) is 0 Å². The van der Waals surface area contributed by atoms with Crippen LogP contribution in [-0.2, 0) is 10.0 Å². The Morgan fingerprint density at radius 1 is 0.760 bits per heavy atom. The molecule has 25 heavy (non-hydrogen) atoms. The molecule has 0 aliphatic heterocycles. The second kappa shape index (κ2) is 7.42. The van der Waals surface area contributed by atoms with Crippen molar-refractivity contribution in [3.8, 4) is 11.1 Å². The van der Waals surface area contributed by atoms with E-state index in [0.29, 0.717) is 5.56 Å². The first kappa shape index (κ1) is 17.1. The summed E-state index contributed by atoms with van der Waals surface area (Å²) in [6, 6.07) is 24.9. The molecule has 0 aliphatic carbocycles. The third-order valence-electron chi connectivity index (χ3n) is 3.77. The van der Waals surface area contributed by atoms with Crippen molar-refractivity contribution in [2.75, 3.05) is 6.54 Å². The van der Waals surface area contributed by atoms with E-state index < -0.39 is 10.0 Å². The predicted molar refractivity (Wildman–Crippen MR) is 97.8 cm³/mol. The number of hydrogen-bond donors (Lipinski definition) is 1. The van der Waals surface area contributed by atoms with Gasteiger partial charge in [-0.2, -0.15) is 0 Å². The lowest BCUT2D eigenvalue weighted by atomic mass is 10.0. The number of carbonyl (C=O) groups excluding carboxylic acids is 1. The van der Waals surface area contributed by atoms with Crippen molar-refractivity contribution >= 4 is 15.8 Å². The van der Waals surface area contributed by atoms with Crippen molar-refractivity contribution in [3.05, 3.63) is 90.5 Å². The van der Waals surface area contributed by atoms with E-state index in [0.717, 1.165) is 11.1 Å². The molecule has 0 fully saturated rings. The van der Waals surface area contributed by atoms with Crippen molar-refractivity contribution in [1.29, 1.82) is 0 Å². The van der Waals surface area contributed by atoms with Crippen LogP contribution < -0.4 is 4.72 Å². The highest BCUT2D eigenvalue weighted by molar-refractivity contribution is 7.89. The minimum absolute atomic E-state index is 0.140. The van der Waals surface area contributed by atoms with Gasteiger partial charge >= 0.3 is 0 Å². The first-order chi connectivity index (χ1) is 12.1.